The molecule has 2 heteroatoms. The number of hydrogen-bond donors (Lipinski definition) is 1. The highest BCUT2D eigenvalue weighted by molar-refractivity contribution is 4.76. The lowest BCUT2D eigenvalue weighted by Gasteiger charge is -2.17. The molecule has 0 amide bonds. The van der Waals surface area contributed by atoms with Crippen LogP contribution in [0.4, 0.5) is 0 Å². The van der Waals surface area contributed by atoms with Crippen LogP contribution in [0.15, 0.2) is 0 Å². The average molecular weight is 144 g/mol. The third-order valence-corrected chi connectivity index (χ3v) is 2.11. The summed E-state index contributed by atoms with van der Waals surface area (Å²) in [4.78, 5) is 0. The standard InChI is InChI=1S/C8H16O2/c1-5(2)8-6(3)4-7(9)10-8/h5-9H,4H2,1-3H3/t6-,7?,8-/m1/s1. The van der Waals surface area contributed by atoms with Gasteiger partial charge in [-0.25, -0.2) is 0 Å². The van der Waals surface area contributed by atoms with Gasteiger partial charge in [-0.1, -0.05) is 20.8 Å². The molecule has 0 spiro atoms. The number of aliphatic hydroxyl groups excluding tert-OH is 1. The summed E-state index contributed by atoms with van der Waals surface area (Å²) in [6.07, 6.45) is 0.542. The van der Waals surface area contributed by atoms with Crippen LogP contribution in [0.5, 0.6) is 0 Å². The minimum Gasteiger partial charge on any atom is -0.368 e. The van der Waals surface area contributed by atoms with Crippen LogP contribution in [-0.2, 0) is 4.74 Å². The highest BCUT2D eigenvalue weighted by atomic mass is 16.6. The first-order chi connectivity index (χ1) is 4.61. The Morgan fingerprint density at radius 3 is 2.30 bits per heavy atom. The van der Waals surface area contributed by atoms with Gasteiger partial charge in [0.15, 0.2) is 6.29 Å². The summed E-state index contributed by atoms with van der Waals surface area (Å²) in [5.74, 6) is 1.03. The van der Waals surface area contributed by atoms with Gasteiger partial charge in [0.1, 0.15) is 0 Å². The van der Waals surface area contributed by atoms with Crippen molar-refractivity contribution in [2.24, 2.45) is 11.8 Å². The van der Waals surface area contributed by atoms with Gasteiger partial charge in [0.25, 0.3) is 0 Å². The maximum absolute atomic E-state index is 9.10. The Morgan fingerprint density at radius 2 is 2.10 bits per heavy atom. The van der Waals surface area contributed by atoms with Crippen LogP contribution < -0.4 is 0 Å². The summed E-state index contributed by atoms with van der Waals surface area (Å²) in [7, 11) is 0. The zero-order valence-electron chi connectivity index (χ0n) is 6.87. The van der Waals surface area contributed by atoms with E-state index < -0.39 is 6.29 Å². The topological polar surface area (TPSA) is 29.5 Å². The Morgan fingerprint density at radius 1 is 1.50 bits per heavy atom. The van der Waals surface area contributed by atoms with E-state index in [2.05, 4.69) is 20.8 Å². The lowest BCUT2D eigenvalue weighted by molar-refractivity contribution is -0.103. The van der Waals surface area contributed by atoms with Crippen LogP contribution in [-0.4, -0.2) is 17.5 Å². The summed E-state index contributed by atoms with van der Waals surface area (Å²) in [5, 5.41) is 9.10. The minimum absolute atomic E-state index is 0.259. The van der Waals surface area contributed by atoms with Gasteiger partial charge in [-0.05, 0) is 11.8 Å². The van der Waals surface area contributed by atoms with Gasteiger partial charge in [-0.3, -0.25) is 0 Å². The van der Waals surface area contributed by atoms with E-state index in [-0.39, 0.29) is 6.10 Å². The summed E-state index contributed by atoms with van der Waals surface area (Å²) in [6.45, 7) is 6.37. The Bertz CT molecular complexity index is 112. The van der Waals surface area contributed by atoms with Crippen molar-refractivity contribution < 1.29 is 9.84 Å². The predicted octanol–water partition coefficient (Wildman–Crippen LogP) is 1.39. The normalized spacial score (nSPS) is 41.1. The highest BCUT2D eigenvalue weighted by Crippen LogP contribution is 2.29. The molecule has 0 aromatic rings. The number of rotatable bonds is 1. The molecule has 1 heterocycles. The zero-order valence-corrected chi connectivity index (χ0v) is 6.87. The molecule has 0 aliphatic carbocycles. The second-order valence-electron chi connectivity index (χ2n) is 3.51. The number of aliphatic hydroxyl groups is 1. The molecule has 0 radical (unpaired) electrons. The fourth-order valence-electron chi connectivity index (χ4n) is 1.64. The molecular formula is C8H16O2. The van der Waals surface area contributed by atoms with E-state index in [1.54, 1.807) is 0 Å². The van der Waals surface area contributed by atoms with Crippen molar-refractivity contribution in [2.45, 2.75) is 39.6 Å². The Kier molecular flexibility index (Phi) is 2.32. The van der Waals surface area contributed by atoms with Crippen molar-refractivity contribution in [2.75, 3.05) is 0 Å². The average Bonchev–Trinajstić information content (AvgIpc) is 2.10. The van der Waals surface area contributed by atoms with E-state index >= 15 is 0 Å². The second-order valence-corrected chi connectivity index (χ2v) is 3.51. The third kappa shape index (κ3) is 1.50. The van der Waals surface area contributed by atoms with E-state index in [1.807, 2.05) is 0 Å². The summed E-state index contributed by atoms with van der Waals surface area (Å²) < 4.78 is 5.29. The van der Waals surface area contributed by atoms with Crippen LogP contribution in [0.3, 0.4) is 0 Å². The molecular weight excluding hydrogens is 128 g/mol. The van der Waals surface area contributed by atoms with E-state index in [0.717, 1.165) is 6.42 Å². The van der Waals surface area contributed by atoms with Gasteiger partial charge in [0, 0.05) is 6.42 Å². The largest absolute Gasteiger partial charge is 0.368 e. The second kappa shape index (κ2) is 2.89. The number of hydrogen-bond acceptors (Lipinski definition) is 2. The van der Waals surface area contributed by atoms with E-state index in [4.69, 9.17) is 9.84 Å². The van der Waals surface area contributed by atoms with Gasteiger partial charge >= 0.3 is 0 Å². The molecule has 1 N–H and O–H groups in total. The monoisotopic (exact) mass is 144 g/mol. The molecule has 3 atom stereocenters. The fourth-order valence-corrected chi connectivity index (χ4v) is 1.64. The van der Waals surface area contributed by atoms with Gasteiger partial charge in [-0.15, -0.1) is 0 Å². The van der Waals surface area contributed by atoms with Crippen LogP contribution in [0.25, 0.3) is 0 Å². The van der Waals surface area contributed by atoms with Crippen molar-refractivity contribution in [3.63, 3.8) is 0 Å². The van der Waals surface area contributed by atoms with Crippen molar-refractivity contribution in [1.82, 2.24) is 0 Å². The van der Waals surface area contributed by atoms with Gasteiger partial charge in [0.05, 0.1) is 6.10 Å². The maximum Gasteiger partial charge on any atom is 0.155 e. The fraction of sp³-hybridized carbons (Fsp3) is 1.00. The minimum atomic E-state index is -0.512. The first-order valence-corrected chi connectivity index (χ1v) is 3.94. The molecule has 0 aromatic carbocycles. The molecule has 1 saturated heterocycles. The van der Waals surface area contributed by atoms with E-state index in [1.165, 1.54) is 0 Å². The molecule has 1 unspecified atom stereocenters. The first-order valence-electron chi connectivity index (χ1n) is 3.94. The van der Waals surface area contributed by atoms with Crippen molar-refractivity contribution in [3.05, 3.63) is 0 Å². The lowest BCUT2D eigenvalue weighted by atomic mass is 9.95. The SMILES string of the molecule is CC(C)[C@H]1OC(O)C[C@H]1C. The van der Waals surface area contributed by atoms with Crippen LogP contribution in [0.2, 0.25) is 0 Å². The molecule has 60 valence electrons. The van der Waals surface area contributed by atoms with Crippen LogP contribution >= 0.6 is 0 Å². The zero-order chi connectivity index (χ0) is 7.72. The highest BCUT2D eigenvalue weighted by Gasteiger charge is 2.32. The molecule has 0 aromatic heterocycles. The van der Waals surface area contributed by atoms with Crippen molar-refractivity contribution >= 4 is 0 Å². The van der Waals surface area contributed by atoms with Gasteiger partial charge in [0.2, 0.25) is 0 Å². The molecule has 1 aliphatic rings. The first kappa shape index (κ1) is 8.02. The van der Waals surface area contributed by atoms with Gasteiger partial charge < -0.3 is 9.84 Å². The molecule has 0 saturated carbocycles. The molecule has 2 nitrogen and oxygen atoms in total. The molecule has 1 aliphatic heterocycles. The molecule has 0 bridgehead atoms. The quantitative estimate of drug-likeness (QED) is 0.602. The Balaban J connectivity index is 2.46. The van der Waals surface area contributed by atoms with E-state index in [9.17, 15) is 0 Å². The Hall–Kier alpha value is -0.0800. The maximum atomic E-state index is 9.10. The smallest absolute Gasteiger partial charge is 0.155 e. The summed E-state index contributed by atoms with van der Waals surface area (Å²) in [6, 6.07) is 0. The lowest BCUT2D eigenvalue weighted by Crippen LogP contribution is -2.20. The summed E-state index contributed by atoms with van der Waals surface area (Å²) in [5.41, 5.74) is 0. The summed E-state index contributed by atoms with van der Waals surface area (Å²) >= 11 is 0. The molecule has 10 heavy (non-hydrogen) atoms. The third-order valence-electron chi connectivity index (χ3n) is 2.11. The van der Waals surface area contributed by atoms with Crippen LogP contribution in [0.1, 0.15) is 27.2 Å². The van der Waals surface area contributed by atoms with Crippen LogP contribution in [0, 0.1) is 11.8 Å². The predicted molar refractivity (Wildman–Crippen MR) is 39.5 cm³/mol. The van der Waals surface area contributed by atoms with Gasteiger partial charge in [-0.2, -0.15) is 0 Å². The number of ether oxygens (including phenoxy) is 1. The van der Waals surface area contributed by atoms with Crippen molar-refractivity contribution in [1.29, 1.82) is 0 Å². The van der Waals surface area contributed by atoms with Crippen molar-refractivity contribution in [3.8, 4) is 0 Å². The molecule has 1 rings (SSSR count). The molecule has 1 fully saturated rings. The van der Waals surface area contributed by atoms with E-state index in [0.29, 0.717) is 11.8 Å². The Labute approximate surface area is 62.2 Å².